The van der Waals surface area contributed by atoms with E-state index in [9.17, 15) is 19.2 Å². The number of hydrogen-bond donors (Lipinski definition) is 4. The Bertz CT molecular complexity index is 1630. The van der Waals surface area contributed by atoms with Gasteiger partial charge in [0.15, 0.2) is 3.92 Å². The molecule has 13 nitrogen and oxygen atoms in total. The topological polar surface area (TPSA) is 147 Å². The van der Waals surface area contributed by atoms with E-state index in [1.165, 1.54) is 17.5 Å². The number of carbonyl (C=O) groups is 4. The lowest BCUT2D eigenvalue weighted by molar-refractivity contribution is 0.0942. The number of hydrogen-bond acceptors (Lipinski definition) is 7. The third-order valence-electron chi connectivity index (χ3n) is 6.26. The average molecular weight is 659 g/mol. The van der Waals surface area contributed by atoms with E-state index in [0.717, 1.165) is 13.0 Å². The normalized spacial score (nSPS) is 11.0. The summed E-state index contributed by atoms with van der Waals surface area (Å²) in [6, 6.07) is 4.73. The molecule has 0 spiro atoms. The SMILES string of the molecule is CN(C)CCCNC(=O)c1cc(NC(=O)c2cc(NC(=O)c3cc(NC(=O)c4cnc(Br)s4)cn3C)cn2C)cn1C. The van der Waals surface area contributed by atoms with Gasteiger partial charge in [-0.1, -0.05) is 0 Å². The van der Waals surface area contributed by atoms with Crippen molar-refractivity contribution in [2.45, 2.75) is 6.42 Å². The second kappa shape index (κ2) is 13.2. The van der Waals surface area contributed by atoms with Gasteiger partial charge in [0.1, 0.15) is 22.0 Å². The summed E-state index contributed by atoms with van der Waals surface area (Å²) in [5.41, 5.74) is 2.38. The Kier molecular flexibility index (Phi) is 9.65. The number of nitrogens with one attached hydrogen (secondary N) is 4. The summed E-state index contributed by atoms with van der Waals surface area (Å²) < 4.78 is 5.44. The monoisotopic (exact) mass is 657 g/mol. The van der Waals surface area contributed by atoms with Crippen molar-refractivity contribution in [2.24, 2.45) is 21.1 Å². The van der Waals surface area contributed by atoms with Crippen LogP contribution in [0.15, 0.2) is 46.9 Å². The molecule has 0 unspecified atom stereocenters. The number of carbonyl (C=O) groups excluding carboxylic acids is 4. The quantitative estimate of drug-likeness (QED) is 0.182. The molecular formula is C27H32BrN9O4S. The number of amides is 4. The minimum atomic E-state index is -0.416. The average Bonchev–Trinajstić information content (AvgIpc) is 3.68. The second-order valence-corrected chi connectivity index (χ2v) is 12.2. The van der Waals surface area contributed by atoms with Crippen molar-refractivity contribution in [3.8, 4) is 0 Å². The molecular weight excluding hydrogens is 626 g/mol. The maximum atomic E-state index is 13.0. The van der Waals surface area contributed by atoms with Crippen molar-refractivity contribution in [3.05, 3.63) is 68.9 Å². The highest BCUT2D eigenvalue weighted by molar-refractivity contribution is 9.11. The van der Waals surface area contributed by atoms with Gasteiger partial charge in [-0.25, -0.2) is 4.98 Å². The van der Waals surface area contributed by atoms with Gasteiger partial charge in [0, 0.05) is 46.3 Å². The Labute approximate surface area is 255 Å². The Balaban J connectivity index is 1.37. The Morgan fingerprint density at radius 2 is 1.24 bits per heavy atom. The fourth-order valence-electron chi connectivity index (χ4n) is 4.20. The van der Waals surface area contributed by atoms with E-state index in [-0.39, 0.29) is 11.8 Å². The third-order valence-corrected chi connectivity index (χ3v) is 7.73. The van der Waals surface area contributed by atoms with Gasteiger partial charge in [-0.2, -0.15) is 0 Å². The van der Waals surface area contributed by atoms with Crippen molar-refractivity contribution < 1.29 is 19.2 Å². The number of rotatable bonds is 11. The van der Waals surface area contributed by atoms with E-state index in [4.69, 9.17) is 0 Å². The van der Waals surface area contributed by atoms with Crippen molar-refractivity contribution in [2.75, 3.05) is 43.1 Å². The predicted molar refractivity (Wildman–Crippen MR) is 165 cm³/mol. The largest absolute Gasteiger partial charge is 0.351 e. The van der Waals surface area contributed by atoms with Gasteiger partial charge in [0.2, 0.25) is 0 Å². The van der Waals surface area contributed by atoms with Crippen LogP contribution >= 0.6 is 27.3 Å². The molecule has 4 heterocycles. The summed E-state index contributed by atoms with van der Waals surface area (Å²) in [7, 11) is 9.07. The fraction of sp³-hybridized carbons (Fsp3) is 0.296. The Morgan fingerprint density at radius 3 is 1.67 bits per heavy atom. The molecule has 42 heavy (non-hydrogen) atoms. The second-order valence-electron chi connectivity index (χ2n) is 9.93. The van der Waals surface area contributed by atoms with E-state index in [2.05, 4.69) is 42.2 Å². The fourth-order valence-corrected chi connectivity index (χ4v) is 5.37. The molecule has 0 saturated carbocycles. The highest BCUT2D eigenvalue weighted by atomic mass is 79.9. The molecule has 4 aromatic heterocycles. The number of halogens is 1. The summed E-state index contributed by atoms with van der Waals surface area (Å²) in [5, 5.41) is 11.3. The first-order valence-corrected chi connectivity index (χ1v) is 14.5. The molecule has 0 aromatic carbocycles. The van der Waals surface area contributed by atoms with Crippen molar-refractivity contribution in [3.63, 3.8) is 0 Å². The number of nitrogens with zero attached hydrogens (tertiary/aromatic N) is 5. The molecule has 0 atom stereocenters. The highest BCUT2D eigenvalue weighted by Crippen LogP contribution is 2.22. The maximum Gasteiger partial charge on any atom is 0.272 e. The highest BCUT2D eigenvalue weighted by Gasteiger charge is 2.19. The van der Waals surface area contributed by atoms with Gasteiger partial charge in [-0.05, 0) is 61.2 Å². The van der Waals surface area contributed by atoms with Crippen molar-refractivity contribution in [1.82, 2.24) is 28.9 Å². The van der Waals surface area contributed by atoms with Crippen LogP contribution in [0, 0.1) is 0 Å². The first-order valence-electron chi connectivity index (χ1n) is 12.9. The molecule has 0 aliphatic heterocycles. The summed E-state index contributed by atoms with van der Waals surface area (Å²) >= 11 is 4.43. The zero-order valence-electron chi connectivity index (χ0n) is 23.8. The van der Waals surface area contributed by atoms with Gasteiger partial charge in [-0.3, -0.25) is 19.2 Å². The number of thiazole rings is 1. The standard InChI is InChI=1S/C27H32BrN9O4S/c1-34(2)8-6-7-29-23(38)19-9-16(13-35(19)3)31-24(39)20-10-17(14-36(20)4)32-25(40)21-11-18(15-37(21)5)33-26(41)22-12-30-27(28)42-22/h9-15H,6-8H2,1-5H3,(H,29,38)(H,31,39)(H,32,40)(H,33,41). The molecule has 0 saturated heterocycles. The summed E-state index contributed by atoms with van der Waals surface area (Å²) in [6.45, 7) is 1.41. The minimum Gasteiger partial charge on any atom is -0.351 e. The van der Waals surface area contributed by atoms with Gasteiger partial charge in [0.05, 0.1) is 23.3 Å². The molecule has 15 heteroatoms. The van der Waals surface area contributed by atoms with Gasteiger partial charge < -0.3 is 39.9 Å². The van der Waals surface area contributed by atoms with E-state index in [0.29, 0.717) is 49.5 Å². The molecule has 0 radical (unpaired) electrons. The lowest BCUT2D eigenvalue weighted by atomic mass is 10.3. The lowest BCUT2D eigenvalue weighted by Gasteiger charge is -2.10. The number of anilines is 3. The van der Waals surface area contributed by atoms with Crippen LogP contribution < -0.4 is 21.3 Å². The van der Waals surface area contributed by atoms with E-state index in [1.807, 2.05) is 19.0 Å². The minimum absolute atomic E-state index is 0.222. The first-order chi connectivity index (χ1) is 19.9. The number of aromatic nitrogens is 4. The van der Waals surface area contributed by atoms with E-state index >= 15 is 0 Å². The van der Waals surface area contributed by atoms with E-state index in [1.54, 1.807) is 71.6 Å². The summed E-state index contributed by atoms with van der Waals surface area (Å²) in [6.07, 6.45) is 7.21. The Morgan fingerprint density at radius 1 is 0.786 bits per heavy atom. The number of aryl methyl sites for hydroxylation is 3. The van der Waals surface area contributed by atoms with Crippen LogP contribution in [0.5, 0.6) is 0 Å². The molecule has 222 valence electrons. The first kappa shape index (κ1) is 30.7. The third kappa shape index (κ3) is 7.54. The van der Waals surface area contributed by atoms with Crippen LogP contribution in [-0.2, 0) is 21.1 Å². The molecule has 4 aromatic rings. The smallest absolute Gasteiger partial charge is 0.272 e. The van der Waals surface area contributed by atoms with Crippen LogP contribution in [0.25, 0.3) is 0 Å². The van der Waals surface area contributed by atoms with Crippen molar-refractivity contribution >= 4 is 68.0 Å². The molecule has 0 fully saturated rings. The van der Waals surface area contributed by atoms with Crippen LogP contribution in [0.3, 0.4) is 0 Å². The zero-order valence-corrected chi connectivity index (χ0v) is 26.2. The molecule has 4 N–H and O–H groups in total. The van der Waals surface area contributed by atoms with Crippen LogP contribution in [0.2, 0.25) is 0 Å². The zero-order chi connectivity index (χ0) is 30.6. The maximum absolute atomic E-state index is 13.0. The predicted octanol–water partition coefficient (Wildman–Crippen LogP) is 3.36. The summed E-state index contributed by atoms with van der Waals surface area (Å²) in [5.74, 6) is -1.37. The molecule has 0 aliphatic rings. The van der Waals surface area contributed by atoms with Crippen molar-refractivity contribution in [1.29, 1.82) is 0 Å². The van der Waals surface area contributed by atoms with Gasteiger partial charge >= 0.3 is 0 Å². The van der Waals surface area contributed by atoms with Crippen LogP contribution in [0.1, 0.15) is 47.6 Å². The van der Waals surface area contributed by atoms with Crippen LogP contribution in [-0.4, -0.2) is 74.4 Å². The van der Waals surface area contributed by atoms with Gasteiger partial charge in [0.25, 0.3) is 23.6 Å². The lowest BCUT2D eigenvalue weighted by Crippen LogP contribution is -2.28. The molecule has 4 amide bonds. The molecule has 0 bridgehead atoms. The summed E-state index contributed by atoms with van der Waals surface area (Å²) in [4.78, 5) is 57.5. The van der Waals surface area contributed by atoms with Crippen LogP contribution in [0.4, 0.5) is 17.1 Å². The molecule has 0 aliphatic carbocycles. The Hall–Kier alpha value is -4.21. The van der Waals surface area contributed by atoms with Gasteiger partial charge in [-0.15, -0.1) is 11.3 Å². The molecule has 4 rings (SSSR count). The van der Waals surface area contributed by atoms with E-state index < -0.39 is 11.8 Å².